The molecule has 0 spiro atoms. The van der Waals surface area contributed by atoms with Gasteiger partial charge in [-0.2, -0.15) is 10.1 Å². The van der Waals surface area contributed by atoms with Crippen LogP contribution in [0.5, 0.6) is 6.01 Å². The van der Waals surface area contributed by atoms with Crippen LogP contribution in [0.25, 0.3) is 11.2 Å². The third-order valence-electron chi connectivity index (χ3n) is 4.96. The lowest BCUT2D eigenvalue weighted by Gasteiger charge is -2.20. The van der Waals surface area contributed by atoms with E-state index < -0.39 is 24.2 Å². The number of hydrogen-bond donors (Lipinski definition) is 3. The van der Waals surface area contributed by atoms with Crippen LogP contribution in [0.15, 0.2) is 18.3 Å². The van der Waals surface area contributed by atoms with E-state index >= 15 is 0 Å². The van der Waals surface area contributed by atoms with Gasteiger partial charge in [-0.1, -0.05) is 11.6 Å². The maximum absolute atomic E-state index is 14.6. The van der Waals surface area contributed by atoms with E-state index in [9.17, 15) is 9.50 Å². The number of aromatic nitrogens is 5. The van der Waals surface area contributed by atoms with Crippen LogP contribution in [-0.2, 0) is 23.1 Å². The summed E-state index contributed by atoms with van der Waals surface area (Å²) in [6, 6.07) is 3.69. The van der Waals surface area contributed by atoms with E-state index in [1.54, 1.807) is 10.7 Å². The number of aromatic amines is 1. The predicted octanol–water partition coefficient (Wildman–Crippen LogP) is 1.16. The second kappa shape index (κ2) is 6.80. The molecule has 0 aliphatic carbocycles. The lowest BCUT2D eigenvalue weighted by atomic mass is 10.1. The Hall–Kier alpha value is -2.47. The second-order valence-electron chi connectivity index (χ2n) is 7.00. The van der Waals surface area contributed by atoms with E-state index in [2.05, 4.69) is 25.4 Å². The van der Waals surface area contributed by atoms with Gasteiger partial charge in [0.25, 0.3) is 11.9 Å². The molecule has 3 N–H and O–H groups in total. The minimum absolute atomic E-state index is 0.0691. The molecule has 154 valence electrons. The molecule has 0 bridgehead atoms. The summed E-state index contributed by atoms with van der Waals surface area (Å²) in [7, 11) is 1.84. The Kier molecular flexibility index (Phi) is 4.35. The molecule has 5 heterocycles. The minimum atomic E-state index is -2.26. The molecule has 0 amide bonds. The summed E-state index contributed by atoms with van der Waals surface area (Å²) >= 11 is 6.30. The molecule has 2 fully saturated rings. The van der Waals surface area contributed by atoms with Crippen molar-refractivity contribution in [1.82, 2.24) is 24.7 Å². The van der Waals surface area contributed by atoms with Crippen LogP contribution < -0.4 is 10.1 Å². The Morgan fingerprint density at radius 1 is 1.48 bits per heavy atom. The quantitative estimate of drug-likeness (QED) is 0.558. The molecule has 10 nitrogen and oxygen atoms in total. The molecule has 3 aromatic heterocycles. The molecule has 12 heteroatoms. The van der Waals surface area contributed by atoms with Gasteiger partial charge in [-0.05, 0) is 12.1 Å². The monoisotopic (exact) mass is 424 g/mol. The Labute approximate surface area is 168 Å². The number of H-pyrrole nitrogens is 1. The number of alkyl halides is 1. The second-order valence-corrected chi connectivity index (χ2v) is 7.41. The van der Waals surface area contributed by atoms with Crippen LogP contribution in [0.3, 0.4) is 0 Å². The largest absolute Gasteiger partial charge is 0.456 e. The van der Waals surface area contributed by atoms with Crippen LogP contribution in [0, 0.1) is 0 Å². The summed E-state index contributed by atoms with van der Waals surface area (Å²) in [6.45, 7) is 0.232. The number of nitrogens with one attached hydrogen (secondary N) is 2. The Balaban J connectivity index is 1.33. The van der Waals surface area contributed by atoms with Crippen molar-refractivity contribution in [2.24, 2.45) is 7.05 Å². The van der Waals surface area contributed by atoms with E-state index in [0.717, 1.165) is 5.69 Å². The lowest BCUT2D eigenvalue weighted by molar-refractivity contribution is -0.169. The van der Waals surface area contributed by atoms with Crippen molar-refractivity contribution in [2.75, 3.05) is 18.5 Å². The van der Waals surface area contributed by atoms with Crippen LogP contribution in [-0.4, -0.2) is 67.2 Å². The first-order valence-electron chi connectivity index (χ1n) is 9.00. The highest BCUT2D eigenvalue weighted by Gasteiger charge is 2.62. The number of nitrogens with zero attached hydrogens (tertiary/aromatic N) is 4. The van der Waals surface area contributed by atoms with Crippen molar-refractivity contribution >= 4 is 28.6 Å². The van der Waals surface area contributed by atoms with Crippen molar-refractivity contribution in [3.63, 3.8) is 0 Å². The fourth-order valence-corrected chi connectivity index (χ4v) is 3.71. The third kappa shape index (κ3) is 3.19. The number of aryl methyl sites for hydroxylation is 1. The standard InChI is InChI=1S/C17H18ClFN6O4/c1-25-3-2-8(24-25)5-20-14-9(18)4-10-15(22-14)23-16(21-10)29-11-6-28-17(19)12(26)7-27-13(11)17/h2-4,11-13,26H,5-7H2,1H3,(H2,20,21,22,23)/t11-,12-,13-,17-/m1/s1. The highest BCUT2D eigenvalue weighted by atomic mass is 35.5. The van der Waals surface area contributed by atoms with E-state index in [1.807, 2.05) is 19.3 Å². The molecule has 0 aromatic carbocycles. The fraction of sp³-hybridized carbons (Fsp3) is 0.471. The molecule has 5 rings (SSSR count). The summed E-state index contributed by atoms with van der Waals surface area (Å²) in [5.74, 6) is -1.81. The number of ether oxygens (including phenoxy) is 3. The number of hydrogen-bond acceptors (Lipinski definition) is 8. The van der Waals surface area contributed by atoms with Gasteiger partial charge in [0.05, 0.1) is 36.0 Å². The first kappa shape index (κ1) is 18.6. The van der Waals surface area contributed by atoms with Gasteiger partial charge >= 0.3 is 0 Å². The van der Waals surface area contributed by atoms with E-state index in [1.165, 1.54) is 0 Å². The number of aliphatic hydroxyl groups excluding tert-OH is 1. The highest BCUT2D eigenvalue weighted by molar-refractivity contribution is 6.33. The lowest BCUT2D eigenvalue weighted by Crippen LogP contribution is -2.43. The van der Waals surface area contributed by atoms with Crippen molar-refractivity contribution in [1.29, 1.82) is 0 Å². The number of halogens is 2. The first-order chi connectivity index (χ1) is 13.9. The van der Waals surface area contributed by atoms with E-state index in [4.69, 9.17) is 25.8 Å². The van der Waals surface area contributed by atoms with Crippen molar-refractivity contribution in [2.45, 2.75) is 30.7 Å². The number of pyridine rings is 1. The molecule has 2 aliphatic heterocycles. The van der Waals surface area contributed by atoms with Crippen molar-refractivity contribution in [3.05, 3.63) is 29.0 Å². The Morgan fingerprint density at radius 3 is 3.14 bits per heavy atom. The van der Waals surface area contributed by atoms with E-state index in [-0.39, 0.29) is 19.2 Å². The number of rotatable bonds is 5. The summed E-state index contributed by atoms with van der Waals surface area (Å²) in [5, 5.41) is 17.5. The van der Waals surface area contributed by atoms with Gasteiger partial charge in [-0.25, -0.2) is 9.37 Å². The molecule has 3 aromatic rings. The normalized spacial score (nSPS) is 28.8. The van der Waals surface area contributed by atoms with Crippen LogP contribution in [0.4, 0.5) is 10.2 Å². The molecule has 0 radical (unpaired) electrons. The summed E-state index contributed by atoms with van der Waals surface area (Å²) in [5.41, 5.74) is 1.78. The zero-order valence-electron chi connectivity index (χ0n) is 15.3. The molecule has 0 unspecified atom stereocenters. The molecule has 2 saturated heterocycles. The van der Waals surface area contributed by atoms with Gasteiger partial charge in [0, 0.05) is 13.2 Å². The van der Waals surface area contributed by atoms with E-state index in [0.29, 0.717) is 28.5 Å². The average molecular weight is 425 g/mol. The Bertz CT molecular complexity index is 1060. The minimum Gasteiger partial charge on any atom is -0.456 e. The molecule has 0 saturated carbocycles. The maximum atomic E-state index is 14.6. The van der Waals surface area contributed by atoms with Crippen LogP contribution >= 0.6 is 11.6 Å². The van der Waals surface area contributed by atoms with Gasteiger partial charge in [0.15, 0.2) is 17.9 Å². The van der Waals surface area contributed by atoms with Crippen molar-refractivity contribution in [3.8, 4) is 6.01 Å². The van der Waals surface area contributed by atoms with Crippen LogP contribution in [0.1, 0.15) is 5.69 Å². The molecule has 29 heavy (non-hydrogen) atoms. The van der Waals surface area contributed by atoms with Gasteiger partial charge in [0.1, 0.15) is 11.9 Å². The van der Waals surface area contributed by atoms with Gasteiger partial charge < -0.3 is 29.6 Å². The average Bonchev–Trinajstić information content (AvgIpc) is 3.41. The maximum Gasteiger partial charge on any atom is 0.296 e. The SMILES string of the molecule is Cn1ccc(CNc2nc3nc(O[C@@H]4CO[C@]5(F)[C@H](O)CO[C@H]45)[nH]c3cc2Cl)n1. The number of fused-ring (bicyclic) bond motifs is 2. The fourth-order valence-electron chi connectivity index (χ4n) is 3.49. The predicted molar refractivity (Wildman–Crippen MR) is 99.4 cm³/mol. The van der Waals surface area contributed by atoms with Crippen LogP contribution in [0.2, 0.25) is 5.02 Å². The molecule has 2 aliphatic rings. The highest BCUT2D eigenvalue weighted by Crippen LogP contribution is 2.40. The zero-order chi connectivity index (χ0) is 20.2. The third-order valence-corrected chi connectivity index (χ3v) is 5.24. The summed E-state index contributed by atoms with van der Waals surface area (Å²) in [4.78, 5) is 11.6. The number of imidazole rings is 1. The number of aliphatic hydroxyl groups is 1. The summed E-state index contributed by atoms with van der Waals surface area (Å²) < 4.78 is 32.4. The smallest absolute Gasteiger partial charge is 0.296 e. The molecular weight excluding hydrogens is 407 g/mol. The topological polar surface area (TPSA) is 119 Å². The van der Waals surface area contributed by atoms with Gasteiger partial charge in [0.2, 0.25) is 0 Å². The van der Waals surface area contributed by atoms with Crippen molar-refractivity contribution < 1.29 is 23.7 Å². The molecule has 4 atom stereocenters. The molecular formula is C17H18ClFN6O4. The van der Waals surface area contributed by atoms with Gasteiger partial charge in [-0.3, -0.25) is 4.68 Å². The van der Waals surface area contributed by atoms with Gasteiger partial charge in [-0.15, -0.1) is 0 Å². The first-order valence-corrected chi connectivity index (χ1v) is 9.38. The Morgan fingerprint density at radius 2 is 2.34 bits per heavy atom. The summed E-state index contributed by atoms with van der Waals surface area (Å²) in [6.07, 6.45) is -1.28. The zero-order valence-corrected chi connectivity index (χ0v) is 16.1. The number of anilines is 1.